The highest BCUT2D eigenvalue weighted by Gasteiger charge is 2.53. The van der Waals surface area contributed by atoms with E-state index in [1.165, 1.54) is 0 Å². The normalized spacial score (nSPS) is 23.0. The first-order valence-corrected chi connectivity index (χ1v) is 5.62. The van der Waals surface area contributed by atoms with Crippen LogP contribution in [0, 0.1) is 0 Å². The van der Waals surface area contributed by atoms with Gasteiger partial charge in [-0.3, -0.25) is 9.78 Å². The topological polar surface area (TPSA) is 66.7 Å². The third kappa shape index (κ3) is 0.924. The van der Waals surface area contributed by atoms with Crippen molar-refractivity contribution >= 4 is 17.3 Å². The standard InChI is InChI=1S/C13H8N4O/c18-12-13(8-4-1-2-5-9(8)15-12)11-10(16-17-13)6-3-7-14-11/h1-7H,(H,15,18). The molecule has 1 aromatic heterocycles. The first-order valence-electron chi connectivity index (χ1n) is 5.62. The number of hydrogen-bond donors (Lipinski definition) is 1. The largest absolute Gasteiger partial charge is 0.323 e. The molecular formula is C13H8N4O. The van der Waals surface area contributed by atoms with Gasteiger partial charge in [0.25, 0.3) is 5.91 Å². The Morgan fingerprint density at radius 1 is 1.11 bits per heavy atom. The van der Waals surface area contributed by atoms with Gasteiger partial charge in [0, 0.05) is 17.4 Å². The van der Waals surface area contributed by atoms with Gasteiger partial charge in [0.05, 0.1) is 0 Å². The number of aromatic nitrogens is 1. The third-order valence-electron chi connectivity index (χ3n) is 3.33. The van der Waals surface area contributed by atoms with Crippen molar-refractivity contribution in [1.82, 2.24) is 4.98 Å². The first kappa shape index (κ1) is 9.47. The van der Waals surface area contributed by atoms with Gasteiger partial charge < -0.3 is 5.32 Å². The molecule has 2 aliphatic rings. The summed E-state index contributed by atoms with van der Waals surface area (Å²) in [6.45, 7) is 0. The molecule has 0 saturated heterocycles. The second-order valence-corrected chi connectivity index (χ2v) is 4.28. The van der Waals surface area contributed by atoms with Crippen molar-refractivity contribution in [3.63, 3.8) is 0 Å². The second kappa shape index (κ2) is 3.01. The lowest BCUT2D eigenvalue weighted by Gasteiger charge is -2.16. The molecule has 86 valence electrons. The lowest BCUT2D eigenvalue weighted by molar-refractivity contribution is -0.119. The number of para-hydroxylation sites is 1. The van der Waals surface area contributed by atoms with Gasteiger partial charge >= 0.3 is 0 Å². The molecule has 0 fully saturated rings. The number of hydrogen-bond acceptors (Lipinski definition) is 4. The zero-order valence-corrected chi connectivity index (χ0v) is 9.29. The Bertz CT molecular complexity index is 710. The maximum Gasteiger partial charge on any atom is 0.265 e. The predicted molar refractivity (Wildman–Crippen MR) is 64.6 cm³/mol. The van der Waals surface area contributed by atoms with Crippen LogP contribution in [0.4, 0.5) is 11.4 Å². The number of fused-ring (bicyclic) bond motifs is 4. The van der Waals surface area contributed by atoms with Crippen molar-refractivity contribution in [3.8, 4) is 0 Å². The summed E-state index contributed by atoms with van der Waals surface area (Å²) >= 11 is 0. The number of benzene rings is 1. The molecular weight excluding hydrogens is 228 g/mol. The Balaban J connectivity index is 2.07. The Morgan fingerprint density at radius 3 is 2.94 bits per heavy atom. The summed E-state index contributed by atoms with van der Waals surface area (Å²) in [4.78, 5) is 16.6. The van der Waals surface area contributed by atoms with Crippen molar-refractivity contribution in [2.75, 3.05) is 5.32 Å². The van der Waals surface area contributed by atoms with Gasteiger partial charge in [-0.25, -0.2) is 0 Å². The lowest BCUT2D eigenvalue weighted by atomic mass is 9.88. The van der Waals surface area contributed by atoms with Gasteiger partial charge in [-0.1, -0.05) is 18.2 Å². The number of pyridine rings is 1. The number of anilines is 1. The number of carbonyl (C=O) groups excluding carboxylic acids is 1. The molecule has 1 atom stereocenters. The molecule has 1 unspecified atom stereocenters. The first-order chi connectivity index (χ1) is 8.82. The zero-order valence-electron chi connectivity index (χ0n) is 9.29. The fraction of sp³-hybridized carbons (Fsp3) is 0.0769. The van der Waals surface area contributed by atoms with Crippen LogP contribution in [0.1, 0.15) is 11.3 Å². The highest BCUT2D eigenvalue weighted by molar-refractivity contribution is 6.09. The highest BCUT2D eigenvalue weighted by Crippen LogP contribution is 2.49. The van der Waals surface area contributed by atoms with Crippen LogP contribution in [-0.4, -0.2) is 10.9 Å². The molecule has 18 heavy (non-hydrogen) atoms. The number of nitrogens with zero attached hydrogens (tertiary/aromatic N) is 3. The van der Waals surface area contributed by atoms with E-state index in [0.29, 0.717) is 11.4 Å². The van der Waals surface area contributed by atoms with Crippen LogP contribution in [-0.2, 0) is 10.3 Å². The summed E-state index contributed by atoms with van der Waals surface area (Å²) in [6, 6.07) is 11.1. The van der Waals surface area contributed by atoms with Crippen molar-refractivity contribution in [3.05, 3.63) is 53.9 Å². The van der Waals surface area contributed by atoms with Gasteiger partial charge in [-0.15, -0.1) is 0 Å². The Labute approximate surface area is 103 Å². The molecule has 3 heterocycles. The molecule has 5 heteroatoms. The minimum atomic E-state index is -1.09. The number of azo groups is 1. The third-order valence-corrected chi connectivity index (χ3v) is 3.33. The van der Waals surface area contributed by atoms with Crippen molar-refractivity contribution < 1.29 is 4.79 Å². The molecule has 1 N–H and O–H groups in total. The fourth-order valence-corrected chi connectivity index (χ4v) is 2.51. The summed E-state index contributed by atoms with van der Waals surface area (Å²) in [5.41, 5.74) is 1.76. The van der Waals surface area contributed by atoms with Crippen LogP contribution >= 0.6 is 0 Å². The summed E-state index contributed by atoms with van der Waals surface area (Å²) in [7, 11) is 0. The average Bonchev–Trinajstić information content (AvgIpc) is 2.92. The Hall–Kier alpha value is -2.56. The van der Waals surface area contributed by atoms with Crippen LogP contribution in [0.3, 0.4) is 0 Å². The number of rotatable bonds is 0. The van der Waals surface area contributed by atoms with Gasteiger partial charge in [-0.2, -0.15) is 10.2 Å². The summed E-state index contributed by atoms with van der Waals surface area (Å²) in [5.74, 6) is -0.190. The minimum absolute atomic E-state index is 0.190. The number of carbonyl (C=O) groups is 1. The molecule has 2 aliphatic heterocycles. The molecule has 1 aromatic carbocycles. The predicted octanol–water partition coefficient (Wildman–Crippen LogP) is 2.37. The molecule has 0 radical (unpaired) electrons. The van der Waals surface area contributed by atoms with Crippen molar-refractivity contribution in [2.45, 2.75) is 5.54 Å². The van der Waals surface area contributed by atoms with E-state index in [-0.39, 0.29) is 5.91 Å². The van der Waals surface area contributed by atoms with E-state index in [9.17, 15) is 4.79 Å². The molecule has 2 aromatic rings. The van der Waals surface area contributed by atoms with E-state index >= 15 is 0 Å². The van der Waals surface area contributed by atoms with E-state index in [2.05, 4.69) is 20.5 Å². The van der Waals surface area contributed by atoms with Crippen LogP contribution in [0.2, 0.25) is 0 Å². The van der Waals surface area contributed by atoms with E-state index in [1.807, 2.05) is 30.3 Å². The van der Waals surface area contributed by atoms with Gasteiger partial charge in [0.2, 0.25) is 5.54 Å². The molecule has 0 saturated carbocycles. The average molecular weight is 236 g/mol. The van der Waals surface area contributed by atoms with Crippen LogP contribution < -0.4 is 5.32 Å². The van der Waals surface area contributed by atoms with E-state index in [4.69, 9.17) is 0 Å². The van der Waals surface area contributed by atoms with Crippen LogP contribution in [0.15, 0.2) is 52.8 Å². The molecule has 4 rings (SSSR count). The Morgan fingerprint density at radius 2 is 2.00 bits per heavy atom. The van der Waals surface area contributed by atoms with Crippen LogP contribution in [0.5, 0.6) is 0 Å². The molecule has 0 bridgehead atoms. The lowest BCUT2D eigenvalue weighted by Crippen LogP contribution is -2.32. The monoisotopic (exact) mass is 236 g/mol. The molecule has 5 nitrogen and oxygen atoms in total. The number of amides is 1. The molecule has 1 spiro atoms. The summed E-state index contributed by atoms with van der Waals surface area (Å²) in [5, 5.41) is 11.1. The zero-order chi connectivity index (χ0) is 12.2. The van der Waals surface area contributed by atoms with Gasteiger partial charge in [0.15, 0.2) is 0 Å². The van der Waals surface area contributed by atoms with E-state index in [1.54, 1.807) is 12.3 Å². The van der Waals surface area contributed by atoms with Crippen molar-refractivity contribution in [1.29, 1.82) is 0 Å². The fourth-order valence-electron chi connectivity index (χ4n) is 2.51. The quantitative estimate of drug-likeness (QED) is 0.763. The SMILES string of the molecule is O=C1Nc2ccccc2C12N=Nc1cccnc12. The Kier molecular flexibility index (Phi) is 1.58. The smallest absolute Gasteiger partial charge is 0.265 e. The molecule has 0 aliphatic carbocycles. The molecule has 1 amide bonds. The van der Waals surface area contributed by atoms with Gasteiger partial charge in [0.1, 0.15) is 11.4 Å². The minimum Gasteiger partial charge on any atom is -0.323 e. The number of nitrogens with one attached hydrogen (secondary N) is 1. The maximum absolute atomic E-state index is 12.3. The van der Waals surface area contributed by atoms with Gasteiger partial charge in [-0.05, 0) is 18.2 Å². The van der Waals surface area contributed by atoms with Crippen molar-refractivity contribution in [2.24, 2.45) is 10.2 Å². The van der Waals surface area contributed by atoms with Crippen LogP contribution in [0.25, 0.3) is 0 Å². The maximum atomic E-state index is 12.3. The summed E-state index contributed by atoms with van der Waals surface area (Å²) in [6.07, 6.45) is 1.66. The highest BCUT2D eigenvalue weighted by atomic mass is 16.2. The second-order valence-electron chi connectivity index (χ2n) is 4.28. The van der Waals surface area contributed by atoms with E-state index < -0.39 is 5.54 Å². The summed E-state index contributed by atoms with van der Waals surface area (Å²) < 4.78 is 0. The van der Waals surface area contributed by atoms with E-state index in [0.717, 1.165) is 11.3 Å².